The predicted octanol–water partition coefficient (Wildman–Crippen LogP) is 3.47. The maximum absolute atomic E-state index is 12.2. The Kier molecular flexibility index (Phi) is 3.49. The van der Waals surface area contributed by atoms with Crippen LogP contribution < -0.4 is 5.32 Å². The summed E-state index contributed by atoms with van der Waals surface area (Å²) in [6.07, 6.45) is 3.24. The van der Waals surface area contributed by atoms with Crippen molar-refractivity contribution >= 4 is 27.5 Å². The molecule has 0 aliphatic heterocycles. The fourth-order valence-electron chi connectivity index (χ4n) is 2.17. The average Bonchev–Trinajstić information content (AvgIpc) is 2.82. The molecule has 0 bridgehead atoms. The Bertz CT molecular complexity index is 473. The zero-order valence-corrected chi connectivity index (χ0v) is 11.0. The molecule has 17 heavy (non-hydrogen) atoms. The summed E-state index contributed by atoms with van der Waals surface area (Å²) >= 11 is 3.38. The van der Waals surface area contributed by atoms with Gasteiger partial charge < -0.3 is 5.32 Å². The molecule has 0 atom stereocenters. The van der Waals surface area contributed by atoms with Gasteiger partial charge in [-0.05, 0) is 40.9 Å². The zero-order valence-electron chi connectivity index (χ0n) is 9.37. The number of hydrogen-bond acceptors (Lipinski definition) is 2. The lowest BCUT2D eigenvalue weighted by molar-refractivity contribution is -0.122. The van der Waals surface area contributed by atoms with Crippen molar-refractivity contribution in [3.63, 3.8) is 0 Å². The maximum Gasteiger partial charge on any atom is 0.244 e. The number of nitriles is 1. The molecule has 0 radical (unpaired) electrons. The molecule has 1 aliphatic rings. The summed E-state index contributed by atoms with van der Waals surface area (Å²) in [5.74, 6) is -0.176. The number of anilines is 1. The minimum atomic E-state index is -0.824. The van der Waals surface area contributed by atoms with Crippen LogP contribution in [0.25, 0.3) is 0 Å². The Labute approximate surface area is 109 Å². The van der Waals surface area contributed by atoms with E-state index < -0.39 is 5.41 Å². The van der Waals surface area contributed by atoms with Crippen LogP contribution in [0.1, 0.15) is 25.7 Å². The summed E-state index contributed by atoms with van der Waals surface area (Å²) in [6, 6.07) is 9.61. The predicted molar refractivity (Wildman–Crippen MR) is 69.3 cm³/mol. The second-order valence-corrected chi connectivity index (χ2v) is 5.19. The molecule has 0 spiro atoms. The molecule has 88 valence electrons. The minimum absolute atomic E-state index is 0.176. The van der Waals surface area contributed by atoms with E-state index in [2.05, 4.69) is 27.3 Å². The van der Waals surface area contributed by atoms with Gasteiger partial charge in [-0.3, -0.25) is 4.79 Å². The molecule has 0 unspecified atom stereocenters. The van der Waals surface area contributed by atoms with E-state index in [0.29, 0.717) is 12.8 Å². The first-order chi connectivity index (χ1) is 8.18. The summed E-state index contributed by atoms with van der Waals surface area (Å²) in [4.78, 5) is 12.2. The van der Waals surface area contributed by atoms with Crippen molar-refractivity contribution in [2.45, 2.75) is 25.7 Å². The summed E-state index contributed by atoms with van der Waals surface area (Å²) in [6.45, 7) is 0. The van der Waals surface area contributed by atoms with Crippen molar-refractivity contribution in [1.82, 2.24) is 0 Å². The Balaban J connectivity index is 2.17. The molecule has 3 nitrogen and oxygen atoms in total. The van der Waals surface area contributed by atoms with E-state index in [0.717, 1.165) is 23.0 Å². The van der Waals surface area contributed by atoms with Crippen LogP contribution in [0.4, 0.5) is 5.69 Å². The van der Waals surface area contributed by atoms with Gasteiger partial charge in [-0.25, -0.2) is 0 Å². The smallest absolute Gasteiger partial charge is 0.244 e. The van der Waals surface area contributed by atoms with E-state index >= 15 is 0 Å². The quantitative estimate of drug-likeness (QED) is 0.907. The van der Waals surface area contributed by atoms with Gasteiger partial charge in [0.2, 0.25) is 5.91 Å². The third-order valence-electron chi connectivity index (χ3n) is 3.23. The zero-order chi connectivity index (χ0) is 12.3. The third-order valence-corrected chi connectivity index (χ3v) is 3.92. The Hall–Kier alpha value is -1.34. The molecule has 1 N–H and O–H groups in total. The van der Waals surface area contributed by atoms with E-state index in [1.54, 1.807) is 0 Å². The molecule has 1 aliphatic carbocycles. The number of nitrogens with zero attached hydrogens (tertiary/aromatic N) is 1. The number of nitrogens with one attached hydrogen (secondary N) is 1. The van der Waals surface area contributed by atoms with Gasteiger partial charge in [0.05, 0.1) is 11.8 Å². The maximum atomic E-state index is 12.2. The van der Waals surface area contributed by atoms with Gasteiger partial charge in [-0.2, -0.15) is 5.26 Å². The first kappa shape index (κ1) is 12.1. The molecule has 1 amide bonds. The highest BCUT2D eigenvalue weighted by Crippen LogP contribution is 2.38. The van der Waals surface area contributed by atoms with Crippen molar-refractivity contribution in [3.8, 4) is 6.07 Å². The van der Waals surface area contributed by atoms with E-state index in [1.807, 2.05) is 24.3 Å². The van der Waals surface area contributed by atoms with Gasteiger partial charge >= 0.3 is 0 Å². The highest BCUT2D eigenvalue weighted by molar-refractivity contribution is 9.10. The monoisotopic (exact) mass is 292 g/mol. The van der Waals surface area contributed by atoms with Crippen LogP contribution in [0.3, 0.4) is 0 Å². The highest BCUT2D eigenvalue weighted by Gasteiger charge is 2.41. The van der Waals surface area contributed by atoms with Crippen LogP contribution in [0.2, 0.25) is 0 Å². The number of hydrogen-bond donors (Lipinski definition) is 1. The molecule has 2 rings (SSSR count). The number of para-hydroxylation sites is 1. The molecule has 1 saturated carbocycles. The fourth-order valence-corrected chi connectivity index (χ4v) is 2.56. The second kappa shape index (κ2) is 4.89. The van der Waals surface area contributed by atoms with E-state index in [-0.39, 0.29) is 5.91 Å². The minimum Gasteiger partial charge on any atom is -0.324 e. The molecule has 1 aromatic rings. The van der Waals surface area contributed by atoms with Crippen LogP contribution in [0.5, 0.6) is 0 Å². The molecule has 1 fully saturated rings. The van der Waals surface area contributed by atoms with Crippen LogP contribution >= 0.6 is 15.9 Å². The van der Waals surface area contributed by atoms with Crippen molar-refractivity contribution in [2.24, 2.45) is 5.41 Å². The lowest BCUT2D eigenvalue weighted by Gasteiger charge is -2.19. The number of carbonyl (C=O) groups is 1. The van der Waals surface area contributed by atoms with Gasteiger partial charge in [0.1, 0.15) is 5.41 Å². The first-order valence-electron chi connectivity index (χ1n) is 5.65. The number of rotatable bonds is 2. The average molecular weight is 293 g/mol. The van der Waals surface area contributed by atoms with E-state index in [9.17, 15) is 10.1 Å². The molecular weight excluding hydrogens is 280 g/mol. The van der Waals surface area contributed by atoms with E-state index in [4.69, 9.17) is 0 Å². The lowest BCUT2D eigenvalue weighted by atomic mass is 9.87. The Morgan fingerprint density at radius 1 is 1.35 bits per heavy atom. The number of carbonyl (C=O) groups excluding carboxylic acids is 1. The Morgan fingerprint density at radius 3 is 2.59 bits per heavy atom. The van der Waals surface area contributed by atoms with Gasteiger partial charge in [0.15, 0.2) is 0 Å². The van der Waals surface area contributed by atoms with Gasteiger partial charge in [-0.1, -0.05) is 25.0 Å². The molecule has 0 saturated heterocycles. The normalized spacial score (nSPS) is 17.4. The van der Waals surface area contributed by atoms with Gasteiger partial charge in [-0.15, -0.1) is 0 Å². The summed E-state index contributed by atoms with van der Waals surface area (Å²) in [5, 5.41) is 12.0. The summed E-state index contributed by atoms with van der Waals surface area (Å²) in [5.41, 5.74) is -0.103. The highest BCUT2D eigenvalue weighted by atomic mass is 79.9. The lowest BCUT2D eigenvalue weighted by Crippen LogP contribution is -2.32. The summed E-state index contributed by atoms with van der Waals surface area (Å²) in [7, 11) is 0. The molecule has 0 heterocycles. The standard InChI is InChI=1S/C13H13BrN2O/c14-10-5-1-2-6-11(10)16-12(17)13(9-15)7-3-4-8-13/h1-2,5-6H,3-4,7-8H2,(H,16,17). The van der Waals surface area contributed by atoms with Crippen molar-refractivity contribution < 1.29 is 4.79 Å². The molecule has 0 aromatic heterocycles. The van der Waals surface area contributed by atoms with E-state index in [1.165, 1.54) is 0 Å². The number of amides is 1. The third kappa shape index (κ3) is 2.34. The van der Waals surface area contributed by atoms with Gasteiger partial charge in [0, 0.05) is 4.47 Å². The second-order valence-electron chi connectivity index (χ2n) is 4.33. The molecule has 4 heteroatoms. The fraction of sp³-hybridized carbons (Fsp3) is 0.385. The largest absolute Gasteiger partial charge is 0.324 e. The van der Waals surface area contributed by atoms with Crippen LogP contribution in [-0.4, -0.2) is 5.91 Å². The molecule has 1 aromatic carbocycles. The topological polar surface area (TPSA) is 52.9 Å². The molecular formula is C13H13BrN2O. The van der Waals surface area contributed by atoms with Crippen molar-refractivity contribution in [3.05, 3.63) is 28.7 Å². The van der Waals surface area contributed by atoms with Gasteiger partial charge in [0.25, 0.3) is 0 Å². The van der Waals surface area contributed by atoms with Crippen LogP contribution in [0.15, 0.2) is 28.7 Å². The first-order valence-corrected chi connectivity index (χ1v) is 6.44. The number of benzene rings is 1. The van der Waals surface area contributed by atoms with Crippen molar-refractivity contribution in [1.29, 1.82) is 5.26 Å². The number of halogens is 1. The van der Waals surface area contributed by atoms with Crippen LogP contribution in [0, 0.1) is 16.7 Å². The Morgan fingerprint density at radius 2 is 2.00 bits per heavy atom. The van der Waals surface area contributed by atoms with Crippen molar-refractivity contribution in [2.75, 3.05) is 5.32 Å². The SMILES string of the molecule is N#CC1(C(=O)Nc2ccccc2Br)CCCC1. The van der Waals surface area contributed by atoms with Crippen LogP contribution in [-0.2, 0) is 4.79 Å². The summed E-state index contributed by atoms with van der Waals surface area (Å²) < 4.78 is 0.833.